The zero-order chi connectivity index (χ0) is 17.2. The summed E-state index contributed by atoms with van der Waals surface area (Å²) in [6.07, 6.45) is 7.55. The molecular formula is C19H20N4OS. The van der Waals surface area contributed by atoms with Crippen LogP contribution < -0.4 is 4.74 Å². The third-order valence-electron chi connectivity index (χ3n) is 5.03. The molecule has 2 aliphatic rings. The van der Waals surface area contributed by atoms with Crippen LogP contribution in [0.15, 0.2) is 36.2 Å². The van der Waals surface area contributed by atoms with Gasteiger partial charge in [-0.05, 0) is 25.0 Å². The number of rotatable bonds is 3. The zero-order valence-electron chi connectivity index (χ0n) is 14.2. The number of thioether (sulfide) groups is 1. The van der Waals surface area contributed by atoms with E-state index in [1.165, 1.54) is 25.7 Å². The molecule has 0 amide bonds. The number of hydrogen-bond donors (Lipinski definition) is 0. The molecule has 1 aromatic heterocycles. The highest BCUT2D eigenvalue weighted by atomic mass is 32.2. The quantitative estimate of drug-likeness (QED) is 0.822. The van der Waals surface area contributed by atoms with Crippen molar-refractivity contribution in [2.24, 2.45) is 5.92 Å². The third kappa shape index (κ3) is 2.83. The minimum Gasteiger partial charge on any atom is -0.496 e. The number of nitriles is 1. The topological polar surface area (TPSA) is 63.7 Å². The van der Waals surface area contributed by atoms with Crippen LogP contribution in [-0.2, 0) is 0 Å². The van der Waals surface area contributed by atoms with Crippen LogP contribution in [0.4, 0.5) is 0 Å². The lowest BCUT2D eigenvalue weighted by atomic mass is 9.93. The van der Waals surface area contributed by atoms with Gasteiger partial charge in [0.2, 0.25) is 0 Å². The number of aromatic nitrogens is 3. The molecule has 0 bridgehead atoms. The van der Waals surface area contributed by atoms with Crippen LogP contribution in [0.2, 0.25) is 0 Å². The Morgan fingerprint density at radius 2 is 2.08 bits per heavy atom. The molecule has 2 aromatic rings. The van der Waals surface area contributed by atoms with Crippen LogP contribution >= 0.6 is 11.8 Å². The van der Waals surface area contributed by atoms with Gasteiger partial charge in [-0.1, -0.05) is 31.4 Å². The number of methoxy groups -OCH3 is 1. The lowest BCUT2D eigenvalue weighted by Crippen LogP contribution is -2.12. The molecular weight excluding hydrogens is 332 g/mol. The van der Waals surface area contributed by atoms with Crippen LogP contribution in [0.25, 0.3) is 16.4 Å². The van der Waals surface area contributed by atoms with E-state index >= 15 is 0 Å². The molecule has 4 rings (SSSR count). The fraction of sp³-hybridized carbons (Fsp3) is 0.421. The van der Waals surface area contributed by atoms with Gasteiger partial charge in [-0.3, -0.25) is 0 Å². The molecule has 0 spiro atoms. The summed E-state index contributed by atoms with van der Waals surface area (Å²) in [7, 11) is 1.65. The SMILES string of the molecule is COc1ccccc1-c1ncnn1C1=C(C#N)C2CCCCCC2S1. The molecule has 5 nitrogen and oxygen atoms in total. The van der Waals surface area contributed by atoms with Gasteiger partial charge in [-0.25, -0.2) is 9.67 Å². The van der Waals surface area contributed by atoms with E-state index in [1.54, 1.807) is 25.2 Å². The molecule has 0 radical (unpaired) electrons. The summed E-state index contributed by atoms with van der Waals surface area (Å²) >= 11 is 1.80. The molecule has 6 heteroatoms. The van der Waals surface area contributed by atoms with Crippen LogP contribution in [-0.4, -0.2) is 27.1 Å². The third-order valence-corrected chi connectivity index (χ3v) is 6.51. The van der Waals surface area contributed by atoms with Crippen molar-refractivity contribution >= 4 is 16.8 Å². The molecule has 2 heterocycles. The van der Waals surface area contributed by atoms with Crippen molar-refractivity contribution in [2.75, 3.05) is 7.11 Å². The molecule has 1 saturated carbocycles. The van der Waals surface area contributed by atoms with Gasteiger partial charge in [0.05, 0.1) is 24.3 Å². The molecule has 25 heavy (non-hydrogen) atoms. The van der Waals surface area contributed by atoms with E-state index in [0.717, 1.165) is 34.2 Å². The second-order valence-electron chi connectivity index (χ2n) is 6.43. The maximum absolute atomic E-state index is 9.82. The summed E-state index contributed by atoms with van der Waals surface area (Å²) in [6, 6.07) is 10.3. The highest BCUT2D eigenvalue weighted by Crippen LogP contribution is 2.50. The van der Waals surface area contributed by atoms with Crippen LogP contribution in [0.3, 0.4) is 0 Å². The molecule has 128 valence electrons. The van der Waals surface area contributed by atoms with Gasteiger partial charge < -0.3 is 4.74 Å². The maximum Gasteiger partial charge on any atom is 0.167 e. The Morgan fingerprint density at radius 3 is 2.92 bits per heavy atom. The van der Waals surface area contributed by atoms with Crippen molar-refractivity contribution in [1.82, 2.24) is 14.8 Å². The molecule has 2 atom stereocenters. The summed E-state index contributed by atoms with van der Waals surface area (Å²) in [5.41, 5.74) is 1.76. The van der Waals surface area contributed by atoms with Crippen molar-refractivity contribution in [3.63, 3.8) is 0 Å². The molecule has 1 aliphatic carbocycles. The Labute approximate surface area is 151 Å². The van der Waals surface area contributed by atoms with E-state index in [9.17, 15) is 5.26 Å². The summed E-state index contributed by atoms with van der Waals surface area (Å²) in [4.78, 5) is 4.46. The van der Waals surface area contributed by atoms with E-state index in [0.29, 0.717) is 11.2 Å². The first-order valence-electron chi connectivity index (χ1n) is 8.68. The Balaban J connectivity index is 1.80. The Hall–Kier alpha value is -2.26. The van der Waals surface area contributed by atoms with Crippen molar-refractivity contribution < 1.29 is 4.74 Å². The van der Waals surface area contributed by atoms with Crippen LogP contribution in [0.1, 0.15) is 32.1 Å². The van der Waals surface area contributed by atoms with E-state index in [-0.39, 0.29) is 0 Å². The van der Waals surface area contributed by atoms with Crippen molar-refractivity contribution in [3.05, 3.63) is 36.2 Å². The average Bonchev–Trinajstić information content (AvgIpc) is 3.19. The van der Waals surface area contributed by atoms with E-state index < -0.39 is 0 Å². The number of ether oxygens (including phenoxy) is 1. The normalized spacial score (nSPS) is 23.0. The first-order valence-corrected chi connectivity index (χ1v) is 9.56. The van der Waals surface area contributed by atoms with Crippen molar-refractivity contribution in [1.29, 1.82) is 5.26 Å². The summed E-state index contributed by atoms with van der Waals surface area (Å²) < 4.78 is 7.31. The highest BCUT2D eigenvalue weighted by Gasteiger charge is 2.38. The minimum absolute atomic E-state index is 0.349. The number of benzene rings is 1. The van der Waals surface area contributed by atoms with Gasteiger partial charge in [0.1, 0.15) is 17.1 Å². The Morgan fingerprint density at radius 1 is 1.24 bits per heavy atom. The van der Waals surface area contributed by atoms with Gasteiger partial charge in [-0.15, -0.1) is 11.8 Å². The monoisotopic (exact) mass is 352 g/mol. The molecule has 0 N–H and O–H groups in total. The van der Waals surface area contributed by atoms with Crippen LogP contribution in [0.5, 0.6) is 5.75 Å². The second-order valence-corrected chi connectivity index (χ2v) is 7.66. The van der Waals surface area contributed by atoms with Gasteiger partial charge in [0, 0.05) is 11.2 Å². The second kappa shape index (κ2) is 6.93. The zero-order valence-corrected chi connectivity index (χ0v) is 15.0. The first kappa shape index (κ1) is 16.2. The van der Waals surface area contributed by atoms with Crippen molar-refractivity contribution in [3.8, 4) is 23.2 Å². The van der Waals surface area contributed by atoms with Crippen molar-refractivity contribution in [2.45, 2.75) is 37.4 Å². The predicted octanol–water partition coefficient (Wildman–Crippen LogP) is 4.34. The fourth-order valence-electron chi connectivity index (χ4n) is 3.81. The highest BCUT2D eigenvalue weighted by molar-refractivity contribution is 8.08. The van der Waals surface area contributed by atoms with Crippen LogP contribution in [0, 0.1) is 17.2 Å². The summed E-state index contributed by atoms with van der Waals surface area (Å²) in [5.74, 6) is 1.83. The summed E-state index contributed by atoms with van der Waals surface area (Å²) in [6.45, 7) is 0. The molecule has 1 fully saturated rings. The Bertz CT molecular complexity index is 851. The smallest absolute Gasteiger partial charge is 0.167 e. The number of allylic oxidation sites excluding steroid dienone is 1. The van der Waals surface area contributed by atoms with E-state index in [4.69, 9.17) is 4.74 Å². The lowest BCUT2D eigenvalue weighted by Gasteiger charge is -2.14. The Kier molecular flexibility index (Phi) is 4.50. The number of hydrogen-bond acceptors (Lipinski definition) is 5. The first-order chi connectivity index (χ1) is 12.3. The number of para-hydroxylation sites is 1. The standard InChI is InChI=1S/C19H20N4OS/c1-24-16-9-6-5-8-14(16)18-21-12-22-23(18)19-15(11-20)13-7-3-2-4-10-17(13)25-19/h5-6,8-9,12-13,17H,2-4,7,10H2,1H3. The largest absolute Gasteiger partial charge is 0.496 e. The molecule has 1 aliphatic heterocycles. The average molecular weight is 352 g/mol. The fourth-order valence-corrected chi connectivity index (χ4v) is 5.37. The van der Waals surface area contributed by atoms with Gasteiger partial charge in [-0.2, -0.15) is 10.4 Å². The van der Waals surface area contributed by atoms with E-state index in [2.05, 4.69) is 16.2 Å². The number of fused-ring (bicyclic) bond motifs is 1. The van der Waals surface area contributed by atoms with Gasteiger partial charge in [0.15, 0.2) is 5.82 Å². The van der Waals surface area contributed by atoms with E-state index in [1.807, 2.05) is 28.9 Å². The minimum atomic E-state index is 0.349. The number of nitrogens with zero attached hydrogens (tertiary/aromatic N) is 4. The molecule has 0 saturated heterocycles. The molecule has 1 aromatic carbocycles. The molecule has 2 unspecified atom stereocenters. The lowest BCUT2D eigenvalue weighted by molar-refractivity contribution is 0.416. The summed E-state index contributed by atoms with van der Waals surface area (Å²) in [5, 5.41) is 15.7. The maximum atomic E-state index is 9.82. The van der Waals surface area contributed by atoms with Gasteiger partial charge >= 0.3 is 0 Å². The predicted molar refractivity (Wildman–Crippen MR) is 98.8 cm³/mol. The van der Waals surface area contributed by atoms with Gasteiger partial charge in [0.25, 0.3) is 0 Å².